The third kappa shape index (κ3) is 2.51. The molecule has 2 rings (SSSR count). The van der Waals surface area contributed by atoms with Crippen molar-refractivity contribution >= 4 is 11.9 Å². The molecule has 0 aromatic rings. The van der Waals surface area contributed by atoms with Gasteiger partial charge >= 0.3 is 5.97 Å². The minimum absolute atomic E-state index is 0.00552. The number of hydrogen-bond acceptors (Lipinski definition) is 2. The van der Waals surface area contributed by atoms with Gasteiger partial charge in [-0.3, -0.25) is 9.59 Å². The maximum atomic E-state index is 12.3. The standard InChI is InChI=1S/C15H19NO3/c1-3-5-11(4-2)16-14(17)12-9-6-7-10(8-9)13(12)15(18)19/h1,6-7,9-13H,4-5,8H2,2H3,(H,16,17)(H,18,19)/t9?,10?,11?,12-,13+/m0/s1. The monoisotopic (exact) mass is 261 g/mol. The smallest absolute Gasteiger partial charge is 0.307 e. The van der Waals surface area contributed by atoms with Gasteiger partial charge in [0.15, 0.2) is 0 Å². The molecular formula is C15H19NO3. The van der Waals surface area contributed by atoms with Crippen LogP contribution in [0.15, 0.2) is 12.2 Å². The molecule has 1 amide bonds. The van der Waals surface area contributed by atoms with Crippen LogP contribution in [0.25, 0.3) is 0 Å². The Bertz CT molecular complexity index is 449. The van der Waals surface area contributed by atoms with Crippen LogP contribution in [0.1, 0.15) is 26.2 Å². The van der Waals surface area contributed by atoms with Crippen molar-refractivity contribution in [1.29, 1.82) is 0 Å². The van der Waals surface area contributed by atoms with E-state index in [0.29, 0.717) is 6.42 Å². The Kier molecular flexibility index (Phi) is 3.94. The van der Waals surface area contributed by atoms with Crippen LogP contribution in [0, 0.1) is 36.0 Å². The molecule has 0 spiro atoms. The summed E-state index contributed by atoms with van der Waals surface area (Å²) in [7, 11) is 0. The molecule has 2 aliphatic carbocycles. The number of carboxylic acid groups (broad SMARTS) is 1. The van der Waals surface area contributed by atoms with E-state index >= 15 is 0 Å². The normalized spacial score (nSPS) is 32.8. The zero-order valence-corrected chi connectivity index (χ0v) is 11.0. The lowest BCUT2D eigenvalue weighted by Gasteiger charge is -2.26. The van der Waals surface area contributed by atoms with Gasteiger partial charge in [0.2, 0.25) is 5.91 Å². The van der Waals surface area contributed by atoms with Crippen LogP contribution in [0.2, 0.25) is 0 Å². The van der Waals surface area contributed by atoms with Crippen molar-refractivity contribution in [2.75, 3.05) is 0 Å². The zero-order chi connectivity index (χ0) is 14.0. The number of carboxylic acids is 1. The van der Waals surface area contributed by atoms with Crippen LogP contribution < -0.4 is 5.32 Å². The molecule has 0 aromatic carbocycles. The second-order valence-corrected chi connectivity index (χ2v) is 5.36. The zero-order valence-electron chi connectivity index (χ0n) is 11.0. The molecule has 2 N–H and O–H groups in total. The molecule has 0 saturated heterocycles. The van der Waals surface area contributed by atoms with Gasteiger partial charge in [0.05, 0.1) is 11.8 Å². The Hall–Kier alpha value is -1.76. The largest absolute Gasteiger partial charge is 0.481 e. The SMILES string of the molecule is C#CCC(CC)NC(=O)[C@H]1C2C=CC(C2)[C@H]1C(=O)O. The highest BCUT2D eigenvalue weighted by molar-refractivity contribution is 5.87. The molecule has 5 atom stereocenters. The van der Waals surface area contributed by atoms with Crippen LogP contribution in [-0.2, 0) is 9.59 Å². The quantitative estimate of drug-likeness (QED) is 0.581. The first-order valence-corrected chi connectivity index (χ1v) is 6.73. The summed E-state index contributed by atoms with van der Waals surface area (Å²) in [6.45, 7) is 1.96. The van der Waals surface area contributed by atoms with Crippen molar-refractivity contribution in [3.63, 3.8) is 0 Å². The van der Waals surface area contributed by atoms with E-state index in [2.05, 4.69) is 11.2 Å². The number of amides is 1. The van der Waals surface area contributed by atoms with Crippen LogP contribution in [0.3, 0.4) is 0 Å². The molecule has 0 aromatic heterocycles. The summed E-state index contributed by atoms with van der Waals surface area (Å²) in [5, 5.41) is 12.2. The van der Waals surface area contributed by atoms with Crippen molar-refractivity contribution in [3.05, 3.63) is 12.2 Å². The second kappa shape index (κ2) is 5.48. The summed E-state index contributed by atoms with van der Waals surface area (Å²) in [5.74, 6) is 0.544. The van der Waals surface area contributed by atoms with Gasteiger partial charge in [0.25, 0.3) is 0 Å². The number of allylic oxidation sites excluding steroid dienone is 2. The van der Waals surface area contributed by atoms with Crippen molar-refractivity contribution in [2.24, 2.45) is 23.7 Å². The fraction of sp³-hybridized carbons (Fsp3) is 0.600. The van der Waals surface area contributed by atoms with Gasteiger partial charge in [-0.15, -0.1) is 12.3 Å². The Balaban J connectivity index is 2.08. The average Bonchev–Trinajstić information content (AvgIpc) is 2.97. The van der Waals surface area contributed by atoms with Crippen molar-refractivity contribution in [1.82, 2.24) is 5.32 Å². The first-order chi connectivity index (χ1) is 9.08. The van der Waals surface area contributed by atoms with E-state index in [1.807, 2.05) is 19.1 Å². The summed E-state index contributed by atoms with van der Waals surface area (Å²) in [6.07, 6.45) is 11.2. The molecular weight excluding hydrogens is 242 g/mol. The van der Waals surface area contributed by atoms with E-state index in [0.717, 1.165) is 12.8 Å². The first-order valence-electron chi connectivity index (χ1n) is 6.73. The fourth-order valence-electron chi connectivity index (χ4n) is 3.25. The predicted octanol–water partition coefficient (Wildman–Crippen LogP) is 1.43. The van der Waals surface area contributed by atoms with Gasteiger partial charge in [0, 0.05) is 12.5 Å². The van der Waals surface area contributed by atoms with Crippen molar-refractivity contribution in [2.45, 2.75) is 32.2 Å². The lowest BCUT2D eigenvalue weighted by atomic mass is 9.82. The molecule has 4 nitrogen and oxygen atoms in total. The molecule has 4 heteroatoms. The number of hydrogen-bond donors (Lipinski definition) is 2. The third-order valence-corrected chi connectivity index (χ3v) is 4.25. The number of carbonyl (C=O) groups excluding carboxylic acids is 1. The van der Waals surface area contributed by atoms with E-state index in [1.54, 1.807) is 0 Å². The highest BCUT2D eigenvalue weighted by Gasteiger charge is 2.51. The highest BCUT2D eigenvalue weighted by Crippen LogP contribution is 2.48. The topological polar surface area (TPSA) is 66.4 Å². The number of rotatable bonds is 5. The number of nitrogens with one attached hydrogen (secondary N) is 1. The molecule has 1 saturated carbocycles. The fourth-order valence-corrected chi connectivity index (χ4v) is 3.25. The van der Waals surface area contributed by atoms with E-state index in [4.69, 9.17) is 6.42 Å². The summed E-state index contributed by atoms with van der Waals surface area (Å²) >= 11 is 0. The van der Waals surface area contributed by atoms with Gasteiger partial charge in [-0.05, 0) is 24.7 Å². The van der Waals surface area contributed by atoms with Gasteiger partial charge < -0.3 is 10.4 Å². The second-order valence-electron chi connectivity index (χ2n) is 5.36. The van der Waals surface area contributed by atoms with Gasteiger partial charge in [-0.1, -0.05) is 19.1 Å². The maximum Gasteiger partial charge on any atom is 0.307 e. The Morgan fingerprint density at radius 3 is 2.58 bits per heavy atom. The van der Waals surface area contributed by atoms with E-state index in [-0.39, 0.29) is 23.8 Å². The van der Waals surface area contributed by atoms with Crippen LogP contribution in [0.5, 0.6) is 0 Å². The maximum absolute atomic E-state index is 12.3. The molecule has 19 heavy (non-hydrogen) atoms. The summed E-state index contributed by atoms with van der Waals surface area (Å²) in [6, 6.07) is -0.0601. The first kappa shape index (κ1) is 13.7. The molecule has 2 bridgehead atoms. The summed E-state index contributed by atoms with van der Waals surface area (Å²) in [5.41, 5.74) is 0. The molecule has 0 radical (unpaired) electrons. The average molecular weight is 261 g/mol. The van der Waals surface area contributed by atoms with Crippen molar-refractivity contribution < 1.29 is 14.7 Å². The molecule has 3 unspecified atom stereocenters. The number of aliphatic carboxylic acids is 1. The van der Waals surface area contributed by atoms with Crippen LogP contribution >= 0.6 is 0 Å². The van der Waals surface area contributed by atoms with Crippen molar-refractivity contribution in [3.8, 4) is 12.3 Å². The highest BCUT2D eigenvalue weighted by atomic mass is 16.4. The minimum Gasteiger partial charge on any atom is -0.481 e. The number of terminal acetylenes is 1. The Labute approximate surface area is 113 Å². The summed E-state index contributed by atoms with van der Waals surface area (Å²) in [4.78, 5) is 23.7. The molecule has 0 heterocycles. The Morgan fingerprint density at radius 2 is 2.05 bits per heavy atom. The summed E-state index contributed by atoms with van der Waals surface area (Å²) < 4.78 is 0. The van der Waals surface area contributed by atoms with Gasteiger partial charge in [-0.2, -0.15) is 0 Å². The molecule has 2 aliphatic rings. The molecule has 102 valence electrons. The van der Waals surface area contributed by atoms with E-state index < -0.39 is 17.8 Å². The number of carbonyl (C=O) groups is 2. The number of fused-ring (bicyclic) bond motifs is 2. The van der Waals surface area contributed by atoms with E-state index in [1.165, 1.54) is 0 Å². The van der Waals surface area contributed by atoms with Gasteiger partial charge in [-0.25, -0.2) is 0 Å². The Morgan fingerprint density at radius 1 is 1.42 bits per heavy atom. The minimum atomic E-state index is -0.873. The lowest BCUT2D eigenvalue weighted by molar-refractivity contribution is -0.148. The predicted molar refractivity (Wildman–Crippen MR) is 71.0 cm³/mol. The molecule has 1 fully saturated rings. The van der Waals surface area contributed by atoms with Crippen LogP contribution in [0.4, 0.5) is 0 Å². The van der Waals surface area contributed by atoms with E-state index in [9.17, 15) is 14.7 Å². The van der Waals surface area contributed by atoms with Crippen LogP contribution in [-0.4, -0.2) is 23.0 Å². The third-order valence-electron chi connectivity index (χ3n) is 4.25. The molecule has 0 aliphatic heterocycles. The lowest BCUT2D eigenvalue weighted by Crippen LogP contribution is -2.44. The van der Waals surface area contributed by atoms with Gasteiger partial charge in [0.1, 0.15) is 0 Å².